The molecule has 356 valence electrons. The number of thiophene rings is 1. The van der Waals surface area contributed by atoms with Crippen molar-refractivity contribution < 1.29 is 0 Å². The Balaban J connectivity index is 0.879. The SMILES string of the molecule is c1ccc(C2(c3ccccc3)c3ccccc3-c3cc(-c4ccc(N(c5ccc(-c6ccc7sc8ccccc8c7c6)cc5)c5ccc6c(c5)C(c5ccccc5)(c5ccccc5)c5ccccc5-6)cc4)ccc32)cc1. The Morgan fingerprint density at radius 3 is 1.20 bits per heavy atom. The van der Waals surface area contributed by atoms with Gasteiger partial charge in [-0.3, -0.25) is 0 Å². The maximum atomic E-state index is 2.47. The van der Waals surface area contributed by atoms with E-state index in [1.807, 2.05) is 11.3 Å². The van der Waals surface area contributed by atoms with E-state index >= 15 is 0 Å². The van der Waals surface area contributed by atoms with Crippen molar-refractivity contribution in [3.63, 3.8) is 0 Å². The van der Waals surface area contributed by atoms with Crippen LogP contribution in [0.4, 0.5) is 17.1 Å². The molecule has 0 saturated carbocycles. The lowest BCUT2D eigenvalue weighted by molar-refractivity contribution is 0.768. The number of hydrogen-bond donors (Lipinski definition) is 0. The summed E-state index contributed by atoms with van der Waals surface area (Å²) in [4.78, 5) is 2.44. The van der Waals surface area contributed by atoms with Gasteiger partial charge in [-0.2, -0.15) is 0 Å². The first kappa shape index (κ1) is 44.2. The molecule has 0 unspecified atom stereocenters. The standard InChI is InChI=1S/C74H49NS/c1-5-19-54(20-6-1)73(55-21-7-2-8-22-55)68-31-17-14-28-62(68)65-47-52(37-45-69(65)73)50-33-39-58(40-34-50)75(59-41-35-51(36-42-59)53-38-46-72-66(48-53)64-29-15-18-32-71(64)76-72)60-43-44-63-61-27-13-16-30-67(61)74(70(63)49-60,56-23-9-3-10-24-56)57-25-11-4-12-26-57/h1-49H. The molecule has 0 amide bonds. The third-order valence-electron chi connectivity index (χ3n) is 16.5. The van der Waals surface area contributed by atoms with E-state index in [2.05, 4.69) is 302 Å². The Bertz CT molecular complexity index is 4230. The fourth-order valence-corrected chi connectivity index (χ4v) is 14.2. The van der Waals surface area contributed by atoms with Gasteiger partial charge in [-0.05, 0) is 150 Å². The lowest BCUT2D eigenvalue weighted by Gasteiger charge is -2.35. The minimum absolute atomic E-state index is 0.437. The molecule has 12 aromatic carbocycles. The lowest BCUT2D eigenvalue weighted by atomic mass is 9.67. The van der Waals surface area contributed by atoms with Gasteiger partial charge >= 0.3 is 0 Å². The molecule has 2 aliphatic carbocycles. The van der Waals surface area contributed by atoms with Crippen LogP contribution in [0.15, 0.2) is 297 Å². The summed E-state index contributed by atoms with van der Waals surface area (Å²) in [5.74, 6) is 0. The minimum atomic E-state index is -0.529. The second-order valence-corrected chi connectivity index (χ2v) is 21.4. The zero-order valence-corrected chi connectivity index (χ0v) is 42.5. The van der Waals surface area contributed by atoms with E-state index in [4.69, 9.17) is 0 Å². The number of hydrogen-bond acceptors (Lipinski definition) is 2. The Morgan fingerprint density at radius 2 is 0.632 bits per heavy atom. The van der Waals surface area contributed by atoms with Crippen LogP contribution in [0.3, 0.4) is 0 Å². The third-order valence-corrected chi connectivity index (χ3v) is 17.6. The summed E-state index contributed by atoms with van der Waals surface area (Å²) >= 11 is 1.86. The molecule has 0 atom stereocenters. The van der Waals surface area contributed by atoms with Gasteiger partial charge in [0.25, 0.3) is 0 Å². The van der Waals surface area contributed by atoms with Crippen LogP contribution in [0.25, 0.3) is 64.7 Å². The first-order valence-electron chi connectivity index (χ1n) is 26.3. The zero-order chi connectivity index (χ0) is 50.2. The number of fused-ring (bicyclic) bond motifs is 9. The van der Waals surface area contributed by atoms with Gasteiger partial charge in [0.05, 0.1) is 10.8 Å². The average molecular weight is 984 g/mol. The van der Waals surface area contributed by atoms with Gasteiger partial charge in [-0.25, -0.2) is 0 Å². The zero-order valence-electron chi connectivity index (χ0n) is 41.6. The lowest BCUT2D eigenvalue weighted by Crippen LogP contribution is -2.28. The van der Waals surface area contributed by atoms with Crippen LogP contribution in [0.1, 0.15) is 44.5 Å². The molecule has 2 heteroatoms. The third kappa shape index (κ3) is 6.64. The number of nitrogens with zero attached hydrogens (tertiary/aromatic N) is 1. The van der Waals surface area contributed by atoms with Crippen LogP contribution in [-0.4, -0.2) is 0 Å². The van der Waals surface area contributed by atoms with Crippen LogP contribution in [-0.2, 0) is 10.8 Å². The molecule has 0 spiro atoms. The summed E-state index contributed by atoms with van der Waals surface area (Å²) in [5, 5.41) is 2.62. The molecule has 1 heterocycles. The van der Waals surface area contributed by atoms with Crippen molar-refractivity contribution in [3.05, 3.63) is 342 Å². The van der Waals surface area contributed by atoms with Crippen molar-refractivity contribution in [2.75, 3.05) is 4.90 Å². The van der Waals surface area contributed by atoms with Crippen molar-refractivity contribution in [2.24, 2.45) is 0 Å². The summed E-state index contributed by atoms with van der Waals surface area (Å²) in [6.45, 7) is 0. The van der Waals surface area contributed by atoms with E-state index < -0.39 is 10.8 Å². The maximum absolute atomic E-state index is 2.47. The number of rotatable bonds is 9. The molecule has 13 aromatic rings. The maximum Gasteiger partial charge on any atom is 0.0714 e. The quantitative estimate of drug-likeness (QED) is 0.139. The molecule has 15 rings (SSSR count). The number of anilines is 3. The van der Waals surface area contributed by atoms with E-state index in [-0.39, 0.29) is 0 Å². The molecule has 2 aliphatic rings. The molecule has 0 saturated heterocycles. The molecule has 0 aliphatic heterocycles. The van der Waals surface area contributed by atoms with Crippen molar-refractivity contribution >= 4 is 48.6 Å². The van der Waals surface area contributed by atoms with Crippen molar-refractivity contribution in [1.82, 2.24) is 0 Å². The highest BCUT2D eigenvalue weighted by atomic mass is 32.1. The molecule has 1 aromatic heterocycles. The van der Waals surface area contributed by atoms with Crippen molar-refractivity contribution in [2.45, 2.75) is 10.8 Å². The monoisotopic (exact) mass is 983 g/mol. The molecule has 76 heavy (non-hydrogen) atoms. The molecule has 1 nitrogen and oxygen atoms in total. The van der Waals surface area contributed by atoms with Gasteiger partial charge in [0.2, 0.25) is 0 Å². The smallest absolute Gasteiger partial charge is 0.0714 e. The van der Waals surface area contributed by atoms with Crippen molar-refractivity contribution in [3.8, 4) is 44.5 Å². The van der Waals surface area contributed by atoms with Crippen LogP contribution < -0.4 is 4.90 Å². The normalized spacial score (nSPS) is 13.5. The Morgan fingerprint density at radius 1 is 0.237 bits per heavy atom. The van der Waals surface area contributed by atoms with E-state index in [1.165, 1.54) is 109 Å². The predicted molar refractivity (Wildman–Crippen MR) is 319 cm³/mol. The van der Waals surface area contributed by atoms with Gasteiger partial charge in [0.15, 0.2) is 0 Å². The van der Waals surface area contributed by atoms with Crippen LogP contribution in [0.2, 0.25) is 0 Å². The van der Waals surface area contributed by atoms with Crippen LogP contribution >= 0.6 is 11.3 Å². The fraction of sp³-hybridized carbons (Fsp3) is 0.0270. The molecule has 0 radical (unpaired) electrons. The molecule has 0 N–H and O–H groups in total. The first-order valence-corrected chi connectivity index (χ1v) is 27.1. The van der Waals surface area contributed by atoms with Gasteiger partial charge in [0, 0.05) is 37.2 Å². The molecule has 0 bridgehead atoms. The van der Waals surface area contributed by atoms with E-state index in [9.17, 15) is 0 Å². The predicted octanol–water partition coefficient (Wildman–Crippen LogP) is 19.6. The summed E-state index contributed by atoms with van der Waals surface area (Å²) in [6.07, 6.45) is 0. The molecular formula is C74H49NS. The van der Waals surface area contributed by atoms with Crippen LogP contribution in [0, 0.1) is 0 Å². The van der Waals surface area contributed by atoms with Crippen LogP contribution in [0.5, 0.6) is 0 Å². The first-order chi connectivity index (χ1) is 37.7. The van der Waals surface area contributed by atoms with Gasteiger partial charge in [-0.1, -0.05) is 237 Å². The number of benzene rings is 12. The Hall–Kier alpha value is -9.34. The highest BCUT2D eigenvalue weighted by molar-refractivity contribution is 7.25. The fourth-order valence-electron chi connectivity index (χ4n) is 13.2. The Kier molecular flexibility index (Phi) is 10.3. The summed E-state index contributed by atoms with van der Waals surface area (Å²) in [6, 6.07) is 111. The van der Waals surface area contributed by atoms with Gasteiger partial charge in [-0.15, -0.1) is 11.3 Å². The largest absolute Gasteiger partial charge is 0.310 e. The summed E-state index contributed by atoms with van der Waals surface area (Å²) in [7, 11) is 0. The minimum Gasteiger partial charge on any atom is -0.310 e. The van der Waals surface area contributed by atoms with E-state index in [0.29, 0.717) is 0 Å². The molecular weight excluding hydrogens is 935 g/mol. The van der Waals surface area contributed by atoms with Gasteiger partial charge < -0.3 is 4.90 Å². The van der Waals surface area contributed by atoms with Gasteiger partial charge in [0.1, 0.15) is 0 Å². The van der Waals surface area contributed by atoms with E-state index in [1.54, 1.807) is 0 Å². The van der Waals surface area contributed by atoms with E-state index in [0.717, 1.165) is 17.1 Å². The van der Waals surface area contributed by atoms with Crippen molar-refractivity contribution in [1.29, 1.82) is 0 Å². The summed E-state index contributed by atoms with van der Waals surface area (Å²) < 4.78 is 2.64. The Labute approximate surface area is 447 Å². The highest BCUT2D eigenvalue weighted by Gasteiger charge is 2.47. The second kappa shape index (κ2) is 17.7. The average Bonchev–Trinajstić information content (AvgIpc) is 4.25. The topological polar surface area (TPSA) is 3.24 Å². The highest BCUT2D eigenvalue weighted by Crippen LogP contribution is 2.59. The second-order valence-electron chi connectivity index (χ2n) is 20.3. The molecule has 0 fully saturated rings. The summed E-state index contributed by atoms with van der Waals surface area (Å²) in [5.41, 5.74) is 22.4.